The molecule has 0 spiro atoms. The Labute approximate surface area is 86.1 Å². The average molecular weight is 192 g/mol. The second-order valence-electron chi connectivity index (χ2n) is 4.24. The highest BCUT2D eigenvalue weighted by atomic mass is 15.0. The molecular formula is C12H20N2. The Bertz CT molecular complexity index is 272. The molecule has 0 bridgehead atoms. The lowest BCUT2D eigenvalue weighted by molar-refractivity contribution is 0.347. The fourth-order valence-corrected chi connectivity index (χ4v) is 2.50. The van der Waals surface area contributed by atoms with Crippen LogP contribution in [0.25, 0.3) is 0 Å². The van der Waals surface area contributed by atoms with Gasteiger partial charge in [0.2, 0.25) is 0 Å². The van der Waals surface area contributed by atoms with Gasteiger partial charge in [-0.3, -0.25) is 0 Å². The minimum Gasteiger partial charge on any atom is -0.348 e. The quantitative estimate of drug-likeness (QED) is 0.783. The predicted molar refractivity (Wildman–Crippen MR) is 59.3 cm³/mol. The van der Waals surface area contributed by atoms with E-state index in [9.17, 15) is 0 Å². The lowest BCUT2D eigenvalue weighted by Crippen LogP contribution is -2.16. The van der Waals surface area contributed by atoms with Crippen molar-refractivity contribution in [2.75, 3.05) is 6.54 Å². The van der Waals surface area contributed by atoms with Gasteiger partial charge in [0, 0.05) is 17.9 Å². The van der Waals surface area contributed by atoms with Crippen molar-refractivity contribution >= 4 is 0 Å². The maximum Gasteiger partial charge on any atom is 0.0333 e. The summed E-state index contributed by atoms with van der Waals surface area (Å²) >= 11 is 0. The first kappa shape index (κ1) is 9.78. The van der Waals surface area contributed by atoms with Gasteiger partial charge in [-0.05, 0) is 37.9 Å². The third kappa shape index (κ3) is 2.01. The molecule has 1 aliphatic rings. The lowest BCUT2D eigenvalue weighted by Gasteiger charge is -2.25. The van der Waals surface area contributed by atoms with E-state index in [0.29, 0.717) is 0 Å². The van der Waals surface area contributed by atoms with Gasteiger partial charge in [0.25, 0.3) is 0 Å². The maximum absolute atomic E-state index is 5.60. The molecule has 0 radical (unpaired) electrons. The summed E-state index contributed by atoms with van der Waals surface area (Å²) in [6, 6.07) is 5.11. The molecule has 1 aromatic rings. The van der Waals surface area contributed by atoms with Crippen LogP contribution in [0.4, 0.5) is 0 Å². The Morgan fingerprint density at radius 1 is 1.29 bits per heavy atom. The van der Waals surface area contributed by atoms with Crippen LogP contribution in [0.15, 0.2) is 18.3 Å². The molecule has 1 fully saturated rings. The molecule has 0 aromatic carbocycles. The molecule has 2 heteroatoms. The highest BCUT2D eigenvalue weighted by Gasteiger charge is 2.16. The summed E-state index contributed by atoms with van der Waals surface area (Å²) in [7, 11) is 0. The fourth-order valence-electron chi connectivity index (χ4n) is 2.50. The van der Waals surface area contributed by atoms with E-state index in [0.717, 1.165) is 19.0 Å². The molecule has 2 N–H and O–H groups in total. The van der Waals surface area contributed by atoms with Crippen LogP contribution in [-0.4, -0.2) is 11.1 Å². The third-order valence-corrected chi connectivity index (χ3v) is 3.24. The maximum atomic E-state index is 5.60. The summed E-state index contributed by atoms with van der Waals surface area (Å²) in [5.41, 5.74) is 7.02. The SMILES string of the molecule is NCCc1cccn1C1CCCCC1. The third-order valence-electron chi connectivity index (χ3n) is 3.24. The van der Waals surface area contributed by atoms with Gasteiger partial charge < -0.3 is 10.3 Å². The molecule has 0 saturated heterocycles. The van der Waals surface area contributed by atoms with Crippen molar-refractivity contribution in [1.82, 2.24) is 4.57 Å². The molecule has 1 aliphatic carbocycles. The van der Waals surface area contributed by atoms with Crippen LogP contribution in [0.2, 0.25) is 0 Å². The van der Waals surface area contributed by atoms with E-state index in [4.69, 9.17) is 5.73 Å². The highest BCUT2D eigenvalue weighted by molar-refractivity contribution is 5.09. The Kier molecular flexibility index (Phi) is 3.25. The van der Waals surface area contributed by atoms with Crippen molar-refractivity contribution in [1.29, 1.82) is 0 Å². The van der Waals surface area contributed by atoms with Crippen LogP contribution in [0.1, 0.15) is 43.8 Å². The molecule has 2 nitrogen and oxygen atoms in total. The first-order valence-corrected chi connectivity index (χ1v) is 5.77. The van der Waals surface area contributed by atoms with Crippen LogP contribution in [0, 0.1) is 0 Å². The first-order valence-electron chi connectivity index (χ1n) is 5.77. The minimum absolute atomic E-state index is 0.750. The molecule has 78 valence electrons. The van der Waals surface area contributed by atoms with Gasteiger partial charge in [0.05, 0.1) is 0 Å². The summed E-state index contributed by atoms with van der Waals surface area (Å²) in [5, 5.41) is 0. The smallest absolute Gasteiger partial charge is 0.0333 e. The van der Waals surface area contributed by atoms with Crippen molar-refractivity contribution in [3.63, 3.8) is 0 Å². The van der Waals surface area contributed by atoms with E-state index in [1.165, 1.54) is 37.8 Å². The zero-order chi connectivity index (χ0) is 9.80. The van der Waals surface area contributed by atoms with Crippen molar-refractivity contribution in [2.45, 2.75) is 44.6 Å². The number of hydrogen-bond donors (Lipinski definition) is 1. The van der Waals surface area contributed by atoms with Crippen LogP contribution in [0.5, 0.6) is 0 Å². The second kappa shape index (κ2) is 4.65. The minimum atomic E-state index is 0.750. The standard InChI is InChI=1S/C12H20N2/c13-9-8-12-7-4-10-14(12)11-5-2-1-3-6-11/h4,7,10-11H,1-3,5-6,8-9,13H2. The fraction of sp³-hybridized carbons (Fsp3) is 0.667. The van der Waals surface area contributed by atoms with E-state index in [-0.39, 0.29) is 0 Å². The van der Waals surface area contributed by atoms with Gasteiger partial charge >= 0.3 is 0 Å². The molecule has 1 saturated carbocycles. The van der Waals surface area contributed by atoms with E-state index >= 15 is 0 Å². The molecule has 2 rings (SSSR count). The second-order valence-corrected chi connectivity index (χ2v) is 4.24. The first-order chi connectivity index (χ1) is 6.92. The van der Waals surface area contributed by atoms with Gasteiger partial charge in [-0.1, -0.05) is 19.3 Å². The normalized spacial score (nSPS) is 18.6. The number of rotatable bonds is 3. The van der Waals surface area contributed by atoms with Crippen molar-refractivity contribution in [3.8, 4) is 0 Å². The summed E-state index contributed by atoms with van der Waals surface area (Å²) in [6.07, 6.45) is 10.2. The van der Waals surface area contributed by atoms with E-state index in [1.54, 1.807) is 0 Å². The van der Waals surface area contributed by atoms with Crippen molar-refractivity contribution in [3.05, 3.63) is 24.0 Å². The lowest BCUT2D eigenvalue weighted by atomic mass is 9.95. The zero-order valence-electron chi connectivity index (χ0n) is 8.78. The number of hydrogen-bond acceptors (Lipinski definition) is 1. The van der Waals surface area contributed by atoms with Crippen LogP contribution in [0.3, 0.4) is 0 Å². The summed E-state index contributed by atoms with van der Waals surface area (Å²) in [6.45, 7) is 0.761. The topological polar surface area (TPSA) is 30.9 Å². The Morgan fingerprint density at radius 3 is 2.79 bits per heavy atom. The Hall–Kier alpha value is -0.760. The highest BCUT2D eigenvalue weighted by Crippen LogP contribution is 2.29. The van der Waals surface area contributed by atoms with Crippen molar-refractivity contribution in [2.24, 2.45) is 5.73 Å². The van der Waals surface area contributed by atoms with Gasteiger partial charge in [0.15, 0.2) is 0 Å². The van der Waals surface area contributed by atoms with E-state index < -0.39 is 0 Å². The van der Waals surface area contributed by atoms with Gasteiger partial charge in [-0.15, -0.1) is 0 Å². The molecule has 0 aliphatic heterocycles. The Morgan fingerprint density at radius 2 is 2.07 bits per heavy atom. The number of aromatic nitrogens is 1. The van der Waals surface area contributed by atoms with Crippen molar-refractivity contribution < 1.29 is 0 Å². The van der Waals surface area contributed by atoms with E-state index in [2.05, 4.69) is 22.9 Å². The molecule has 0 atom stereocenters. The average Bonchev–Trinajstić information content (AvgIpc) is 2.68. The molecular weight excluding hydrogens is 172 g/mol. The van der Waals surface area contributed by atoms with Crippen LogP contribution in [-0.2, 0) is 6.42 Å². The largest absolute Gasteiger partial charge is 0.348 e. The van der Waals surface area contributed by atoms with E-state index in [1.807, 2.05) is 0 Å². The number of nitrogens with two attached hydrogens (primary N) is 1. The van der Waals surface area contributed by atoms with Gasteiger partial charge in [0.1, 0.15) is 0 Å². The summed E-state index contributed by atoms with van der Waals surface area (Å²) in [5.74, 6) is 0. The Balaban J connectivity index is 2.09. The van der Waals surface area contributed by atoms with Gasteiger partial charge in [-0.2, -0.15) is 0 Å². The monoisotopic (exact) mass is 192 g/mol. The molecule has 1 aromatic heterocycles. The molecule has 0 amide bonds. The molecule has 14 heavy (non-hydrogen) atoms. The molecule has 1 heterocycles. The van der Waals surface area contributed by atoms with Gasteiger partial charge in [-0.25, -0.2) is 0 Å². The van der Waals surface area contributed by atoms with Crippen LogP contribution < -0.4 is 5.73 Å². The zero-order valence-corrected chi connectivity index (χ0v) is 8.78. The van der Waals surface area contributed by atoms with Crippen LogP contribution >= 0.6 is 0 Å². The number of nitrogens with zero attached hydrogens (tertiary/aromatic N) is 1. The predicted octanol–water partition coefficient (Wildman–Crippen LogP) is 2.49. The molecule has 0 unspecified atom stereocenters. The summed E-state index contributed by atoms with van der Waals surface area (Å²) in [4.78, 5) is 0. The summed E-state index contributed by atoms with van der Waals surface area (Å²) < 4.78 is 2.45.